The lowest BCUT2D eigenvalue weighted by atomic mass is 9.97. The van der Waals surface area contributed by atoms with Crippen LogP contribution < -0.4 is 20.1 Å². The van der Waals surface area contributed by atoms with Gasteiger partial charge in [-0.1, -0.05) is 19.1 Å². The Morgan fingerprint density at radius 2 is 1.94 bits per heavy atom. The smallest absolute Gasteiger partial charge is 0.191 e. The lowest BCUT2D eigenvalue weighted by Crippen LogP contribution is -2.47. The molecule has 1 aromatic carbocycles. The second-order valence-electron chi connectivity index (χ2n) is 8.14. The fourth-order valence-corrected chi connectivity index (χ4v) is 4.73. The Hall–Kier alpha value is -1.59. The third kappa shape index (κ3) is 6.95. The number of thiazole rings is 1. The van der Waals surface area contributed by atoms with Crippen LogP contribution in [0.25, 0.3) is 0 Å². The maximum absolute atomic E-state index is 6.01. The second-order valence-corrected chi connectivity index (χ2v) is 9.08. The maximum Gasteiger partial charge on any atom is 0.191 e. The molecule has 176 valence electrons. The molecule has 3 heterocycles. The molecule has 0 bridgehead atoms. The molecule has 4 rings (SSSR count). The first-order valence-corrected chi connectivity index (χ1v) is 12.1. The number of likely N-dealkylation sites (tertiary alicyclic amines) is 1. The van der Waals surface area contributed by atoms with Crippen molar-refractivity contribution < 1.29 is 9.47 Å². The van der Waals surface area contributed by atoms with Crippen molar-refractivity contribution in [3.8, 4) is 11.5 Å². The van der Waals surface area contributed by atoms with E-state index < -0.39 is 0 Å². The van der Waals surface area contributed by atoms with Crippen LogP contribution in [0.2, 0.25) is 0 Å². The average molecular weight is 572 g/mol. The molecule has 0 aliphatic carbocycles. The number of para-hydroxylation sites is 2. The molecule has 7 nitrogen and oxygen atoms in total. The van der Waals surface area contributed by atoms with Crippen molar-refractivity contribution in [2.75, 3.05) is 39.8 Å². The highest BCUT2D eigenvalue weighted by Crippen LogP contribution is 2.30. The third-order valence-electron chi connectivity index (χ3n) is 5.84. The van der Waals surface area contributed by atoms with Gasteiger partial charge in [-0.05, 0) is 50.4 Å². The molecule has 2 N–H and O–H groups in total. The maximum atomic E-state index is 6.01. The van der Waals surface area contributed by atoms with E-state index in [0.717, 1.165) is 50.1 Å². The molecule has 2 aliphatic heterocycles. The number of hydrogen-bond acceptors (Lipinski definition) is 6. The van der Waals surface area contributed by atoms with E-state index >= 15 is 0 Å². The summed E-state index contributed by atoms with van der Waals surface area (Å²) < 4.78 is 11.8. The zero-order chi connectivity index (χ0) is 21.5. The fourth-order valence-electron chi connectivity index (χ4n) is 4.00. The summed E-state index contributed by atoms with van der Waals surface area (Å²) in [5.41, 5.74) is 1.22. The number of nitrogens with one attached hydrogen (secondary N) is 2. The van der Waals surface area contributed by atoms with Crippen LogP contribution in [0.1, 0.15) is 30.5 Å². The van der Waals surface area contributed by atoms with Crippen molar-refractivity contribution in [1.29, 1.82) is 0 Å². The number of fused-ring (bicyclic) bond motifs is 1. The van der Waals surface area contributed by atoms with Crippen molar-refractivity contribution in [2.24, 2.45) is 10.9 Å². The Kier molecular flexibility index (Phi) is 9.86. The topological polar surface area (TPSA) is 71.0 Å². The monoisotopic (exact) mass is 571 g/mol. The van der Waals surface area contributed by atoms with Crippen molar-refractivity contribution in [2.45, 2.75) is 38.8 Å². The van der Waals surface area contributed by atoms with Gasteiger partial charge >= 0.3 is 0 Å². The van der Waals surface area contributed by atoms with Gasteiger partial charge in [0.1, 0.15) is 12.7 Å². The summed E-state index contributed by atoms with van der Waals surface area (Å²) in [5, 5.41) is 10.3. The van der Waals surface area contributed by atoms with Gasteiger partial charge in [0.25, 0.3) is 0 Å². The van der Waals surface area contributed by atoms with Crippen LogP contribution in [0.4, 0.5) is 0 Å². The normalized spacial score (nSPS) is 19.3. The molecule has 1 aromatic heterocycles. The van der Waals surface area contributed by atoms with Crippen LogP contribution in [-0.4, -0.2) is 61.8 Å². The van der Waals surface area contributed by atoms with Crippen LogP contribution in [0.5, 0.6) is 11.5 Å². The van der Waals surface area contributed by atoms with Gasteiger partial charge in [-0.2, -0.15) is 0 Å². The number of nitrogens with zero attached hydrogens (tertiary/aromatic N) is 3. The third-order valence-corrected chi connectivity index (χ3v) is 6.88. The van der Waals surface area contributed by atoms with E-state index in [0.29, 0.717) is 19.1 Å². The minimum Gasteiger partial charge on any atom is -0.486 e. The summed E-state index contributed by atoms with van der Waals surface area (Å²) in [7, 11) is 1.81. The van der Waals surface area contributed by atoms with E-state index in [-0.39, 0.29) is 30.1 Å². The van der Waals surface area contributed by atoms with E-state index in [2.05, 4.69) is 32.8 Å². The molecule has 0 radical (unpaired) electrons. The van der Waals surface area contributed by atoms with Gasteiger partial charge in [-0.3, -0.25) is 9.89 Å². The van der Waals surface area contributed by atoms with Crippen molar-refractivity contribution in [3.63, 3.8) is 0 Å². The minimum atomic E-state index is -0.0318. The van der Waals surface area contributed by atoms with Gasteiger partial charge < -0.3 is 20.1 Å². The Bertz CT molecular complexity index is 870. The summed E-state index contributed by atoms with van der Waals surface area (Å²) in [6.07, 6.45) is 3.40. The first kappa shape index (κ1) is 25.0. The van der Waals surface area contributed by atoms with Crippen LogP contribution in [0, 0.1) is 5.92 Å². The number of halogens is 1. The molecular formula is C23H34IN5O2S. The highest BCUT2D eigenvalue weighted by atomic mass is 127. The first-order chi connectivity index (χ1) is 15.2. The summed E-state index contributed by atoms with van der Waals surface area (Å²) in [5.74, 6) is 3.10. The highest BCUT2D eigenvalue weighted by Gasteiger charge is 2.22. The molecule has 0 amide bonds. The number of hydrogen-bond donors (Lipinski definition) is 2. The van der Waals surface area contributed by atoms with Gasteiger partial charge in [0.05, 0.1) is 17.2 Å². The number of ether oxygens (including phenoxy) is 2. The Balaban J connectivity index is 0.00000289. The quantitative estimate of drug-likeness (QED) is 0.301. The van der Waals surface area contributed by atoms with Crippen LogP contribution in [-0.2, 0) is 13.0 Å². The van der Waals surface area contributed by atoms with Crippen LogP contribution >= 0.6 is 35.3 Å². The molecule has 1 atom stereocenters. The summed E-state index contributed by atoms with van der Waals surface area (Å²) in [4.78, 5) is 11.6. The predicted molar refractivity (Wildman–Crippen MR) is 141 cm³/mol. The van der Waals surface area contributed by atoms with Crippen molar-refractivity contribution >= 4 is 41.3 Å². The number of benzene rings is 1. The molecule has 0 spiro atoms. The Morgan fingerprint density at radius 1 is 1.19 bits per heavy atom. The van der Waals surface area contributed by atoms with Crippen molar-refractivity contribution in [1.82, 2.24) is 20.5 Å². The summed E-state index contributed by atoms with van der Waals surface area (Å²) in [6.45, 7) is 7.53. The largest absolute Gasteiger partial charge is 0.486 e. The SMILES string of the molecule is CCc1nc(CN2CCC(CNC(=NC)NCC3COc4ccccc4O3)CC2)cs1.I. The Labute approximate surface area is 212 Å². The predicted octanol–water partition coefficient (Wildman–Crippen LogP) is 3.54. The number of piperidine rings is 1. The molecule has 2 aromatic rings. The minimum absolute atomic E-state index is 0. The lowest BCUT2D eigenvalue weighted by molar-refractivity contribution is 0.0935. The fraction of sp³-hybridized carbons (Fsp3) is 0.565. The number of aromatic nitrogens is 1. The van der Waals surface area contributed by atoms with E-state index in [1.807, 2.05) is 31.3 Å². The van der Waals surface area contributed by atoms with Crippen molar-refractivity contribution in [3.05, 3.63) is 40.3 Å². The molecule has 1 saturated heterocycles. The molecule has 1 fully saturated rings. The van der Waals surface area contributed by atoms with Gasteiger partial charge in [0, 0.05) is 25.5 Å². The lowest BCUT2D eigenvalue weighted by Gasteiger charge is -2.32. The van der Waals surface area contributed by atoms with Gasteiger partial charge in [-0.15, -0.1) is 35.3 Å². The van der Waals surface area contributed by atoms with E-state index in [4.69, 9.17) is 14.5 Å². The van der Waals surface area contributed by atoms with Gasteiger partial charge in [0.2, 0.25) is 0 Å². The molecule has 1 unspecified atom stereocenters. The standard InChI is InChI=1S/C23H33N5O2S.HI/c1-3-22-27-18(16-31-22)14-28-10-8-17(9-11-28)12-25-23(24-2)26-13-19-15-29-20-6-4-5-7-21(20)30-19;/h4-7,16-17,19H,3,8-15H2,1-2H3,(H2,24,25,26);1H. The highest BCUT2D eigenvalue weighted by molar-refractivity contribution is 14.0. The van der Waals surface area contributed by atoms with Crippen LogP contribution in [0.3, 0.4) is 0 Å². The summed E-state index contributed by atoms with van der Waals surface area (Å²) in [6, 6.07) is 7.80. The zero-order valence-electron chi connectivity index (χ0n) is 18.9. The molecule has 0 saturated carbocycles. The number of rotatable bonds is 7. The van der Waals surface area contributed by atoms with E-state index in [1.54, 1.807) is 11.3 Å². The average Bonchev–Trinajstić information content (AvgIpc) is 3.27. The molecule has 32 heavy (non-hydrogen) atoms. The first-order valence-electron chi connectivity index (χ1n) is 11.2. The summed E-state index contributed by atoms with van der Waals surface area (Å²) >= 11 is 1.78. The number of aliphatic imine (C=N–C) groups is 1. The van der Waals surface area contributed by atoms with Crippen LogP contribution in [0.15, 0.2) is 34.6 Å². The second kappa shape index (κ2) is 12.6. The number of guanidine groups is 1. The molecule has 9 heteroatoms. The molecular weight excluding hydrogens is 537 g/mol. The zero-order valence-corrected chi connectivity index (χ0v) is 22.0. The molecule has 2 aliphatic rings. The van der Waals surface area contributed by atoms with Gasteiger partial charge in [-0.25, -0.2) is 4.98 Å². The number of aryl methyl sites for hydroxylation is 1. The van der Waals surface area contributed by atoms with E-state index in [1.165, 1.54) is 23.5 Å². The Morgan fingerprint density at radius 3 is 2.66 bits per heavy atom. The van der Waals surface area contributed by atoms with Gasteiger partial charge in [0.15, 0.2) is 17.5 Å². The van der Waals surface area contributed by atoms with E-state index in [9.17, 15) is 0 Å².